The summed E-state index contributed by atoms with van der Waals surface area (Å²) in [7, 11) is 0. The lowest BCUT2D eigenvalue weighted by Gasteiger charge is -2.35. The van der Waals surface area contributed by atoms with E-state index in [1.165, 1.54) is 0 Å². The second-order valence-corrected chi connectivity index (χ2v) is 7.19. The molecule has 1 aromatic carbocycles. The standard InChI is InChI=1S/C20H24N4O2/c1-14(25)23-10-7-16(8-11-23)20(26)24-12-9-18-17(13-24)19(22-21-18)15-5-3-2-4-6-15/h2-6,16H,7-13H2,1H3,(H,21,22). The first-order valence-electron chi connectivity index (χ1n) is 9.29. The summed E-state index contributed by atoms with van der Waals surface area (Å²) in [5.74, 6) is 0.350. The minimum atomic E-state index is 0.0271. The van der Waals surface area contributed by atoms with Gasteiger partial charge in [-0.1, -0.05) is 30.3 Å². The van der Waals surface area contributed by atoms with Crippen LogP contribution in [0.15, 0.2) is 30.3 Å². The Morgan fingerprint density at radius 2 is 1.81 bits per heavy atom. The normalized spacial score (nSPS) is 17.9. The summed E-state index contributed by atoms with van der Waals surface area (Å²) in [5.41, 5.74) is 4.30. The Morgan fingerprint density at radius 3 is 2.50 bits per heavy atom. The number of carbonyl (C=O) groups excluding carboxylic acids is 2. The number of carbonyl (C=O) groups is 2. The molecule has 0 radical (unpaired) electrons. The van der Waals surface area contributed by atoms with Crippen LogP contribution < -0.4 is 0 Å². The molecule has 0 bridgehead atoms. The number of nitrogens with zero attached hydrogens (tertiary/aromatic N) is 3. The Labute approximate surface area is 153 Å². The molecular weight excluding hydrogens is 328 g/mol. The van der Waals surface area contributed by atoms with Crippen LogP contribution in [0.25, 0.3) is 11.3 Å². The van der Waals surface area contributed by atoms with E-state index < -0.39 is 0 Å². The van der Waals surface area contributed by atoms with Gasteiger partial charge in [0.25, 0.3) is 0 Å². The monoisotopic (exact) mass is 352 g/mol. The van der Waals surface area contributed by atoms with Gasteiger partial charge in [0.2, 0.25) is 11.8 Å². The average molecular weight is 352 g/mol. The minimum Gasteiger partial charge on any atom is -0.343 e. The van der Waals surface area contributed by atoms with Crippen LogP contribution >= 0.6 is 0 Å². The Hall–Kier alpha value is -2.63. The quantitative estimate of drug-likeness (QED) is 0.901. The molecule has 1 N–H and O–H groups in total. The van der Waals surface area contributed by atoms with E-state index in [9.17, 15) is 9.59 Å². The maximum atomic E-state index is 13.0. The number of rotatable bonds is 2. The molecule has 2 amide bonds. The van der Waals surface area contributed by atoms with Crippen LogP contribution in [0, 0.1) is 5.92 Å². The number of aromatic amines is 1. The highest BCUT2D eigenvalue weighted by Gasteiger charge is 2.32. The molecule has 1 fully saturated rings. The summed E-state index contributed by atoms with van der Waals surface area (Å²) in [4.78, 5) is 28.3. The van der Waals surface area contributed by atoms with Gasteiger partial charge in [0.15, 0.2) is 0 Å². The molecule has 1 aromatic heterocycles. The van der Waals surface area contributed by atoms with Gasteiger partial charge in [0.05, 0.1) is 5.69 Å². The lowest BCUT2D eigenvalue weighted by Crippen LogP contribution is -2.45. The number of nitrogens with one attached hydrogen (secondary N) is 1. The predicted molar refractivity (Wildman–Crippen MR) is 98.1 cm³/mol. The molecule has 0 atom stereocenters. The van der Waals surface area contributed by atoms with E-state index >= 15 is 0 Å². The Bertz CT molecular complexity index is 806. The maximum absolute atomic E-state index is 13.0. The number of likely N-dealkylation sites (tertiary alicyclic amines) is 1. The molecule has 4 rings (SSSR count). The molecule has 0 aliphatic carbocycles. The first kappa shape index (κ1) is 16.8. The van der Waals surface area contributed by atoms with Gasteiger partial charge < -0.3 is 9.80 Å². The fourth-order valence-corrected chi connectivity index (χ4v) is 4.02. The van der Waals surface area contributed by atoms with Gasteiger partial charge in [0, 0.05) is 62.3 Å². The van der Waals surface area contributed by atoms with Crippen molar-refractivity contribution >= 4 is 11.8 Å². The predicted octanol–water partition coefficient (Wildman–Crippen LogP) is 2.22. The molecule has 2 aromatic rings. The average Bonchev–Trinajstić information content (AvgIpc) is 3.11. The molecule has 0 unspecified atom stereocenters. The molecule has 6 heteroatoms. The molecule has 2 aliphatic heterocycles. The molecule has 6 nitrogen and oxygen atoms in total. The number of benzene rings is 1. The summed E-state index contributed by atoms with van der Waals surface area (Å²) in [6, 6.07) is 10.1. The highest BCUT2D eigenvalue weighted by Crippen LogP contribution is 2.30. The van der Waals surface area contributed by atoms with Crippen molar-refractivity contribution in [1.82, 2.24) is 20.0 Å². The van der Waals surface area contributed by atoms with Crippen molar-refractivity contribution in [1.29, 1.82) is 0 Å². The van der Waals surface area contributed by atoms with Gasteiger partial charge in [-0.05, 0) is 12.8 Å². The van der Waals surface area contributed by atoms with Gasteiger partial charge in [0.1, 0.15) is 0 Å². The second-order valence-electron chi connectivity index (χ2n) is 7.19. The van der Waals surface area contributed by atoms with Crippen molar-refractivity contribution in [2.45, 2.75) is 32.7 Å². The Kier molecular flexibility index (Phi) is 4.49. The first-order valence-corrected chi connectivity index (χ1v) is 9.29. The lowest BCUT2D eigenvalue weighted by atomic mass is 9.93. The van der Waals surface area contributed by atoms with E-state index in [0.717, 1.165) is 48.3 Å². The highest BCUT2D eigenvalue weighted by molar-refractivity contribution is 5.80. The van der Waals surface area contributed by atoms with Crippen LogP contribution in [-0.4, -0.2) is 51.4 Å². The third-order valence-electron chi connectivity index (χ3n) is 5.58. The van der Waals surface area contributed by atoms with Crippen molar-refractivity contribution in [2.24, 2.45) is 5.92 Å². The Morgan fingerprint density at radius 1 is 1.08 bits per heavy atom. The summed E-state index contributed by atoms with van der Waals surface area (Å²) >= 11 is 0. The zero-order valence-electron chi connectivity index (χ0n) is 15.1. The van der Waals surface area contributed by atoms with E-state index in [2.05, 4.69) is 22.3 Å². The van der Waals surface area contributed by atoms with E-state index in [-0.39, 0.29) is 17.7 Å². The van der Waals surface area contributed by atoms with Gasteiger partial charge in [-0.2, -0.15) is 5.10 Å². The first-order chi connectivity index (χ1) is 12.6. The van der Waals surface area contributed by atoms with Crippen LogP contribution in [0.3, 0.4) is 0 Å². The summed E-state index contributed by atoms with van der Waals surface area (Å²) < 4.78 is 0. The number of amides is 2. The van der Waals surface area contributed by atoms with Crippen molar-refractivity contribution in [3.05, 3.63) is 41.6 Å². The van der Waals surface area contributed by atoms with Gasteiger partial charge in [-0.3, -0.25) is 14.7 Å². The van der Waals surface area contributed by atoms with Crippen molar-refractivity contribution < 1.29 is 9.59 Å². The van der Waals surface area contributed by atoms with E-state index in [1.54, 1.807) is 6.92 Å². The van der Waals surface area contributed by atoms with Gasteiger partial charge in [-0.15, -0.1) is 0 Å². The van der Waals surface area contributed by atoms with Crippen LogP contribution in [0.1, 0.15) is 31.0 Å². The molecule has 136 valence electrons. The number of piperidine rings is 1. The summed E-state index contributed by atoms with van der Waals surface area (Å²) in [6.07, 6.45) is 2.34. The lowest BCUT2D eigenvalue weighted by molar-refractivity contribution is -0.140. The third-order valence-corrected chi connectivity index (χ3v) is 5.58. The fraction of sp³-hybridized carbons (Fsp3) is 0.450. The second kappa shape index (κ2) is 6.94. The van der Waals surface area contributed by atoms with Crippen molar-refractivity contribution in [2.75, 3.05) is 19.6 Å². The molecular formula is C20H24N4O2. The third kappa shape index (κ3) is 3.11. The number of hydrogen-bond donors (Lipinski definition) is 1. The summed E-state index contributed by atoms with van der Waals surface area (Å²) in [6.45, 7) is 4.31. The highest BCUT2D eigenvalue weighted by atomic mass is 16.2. The van der Waals surface area contributed by atoms with E-state index in [0.29, 0.717) is 19.6 Å². The van der Waals surface area contributed by atoms with E-state index in [4.69, 9.17) is 0 Å². The fourth-order valence-electron chi connectivity index (χ4n) is 4.02. The molecule has 0 saturated carbocycles. The number of H-pyrrole nitrogens is 1. The number of fused-ring (bicyclic) bond motifs is 1. The molecule has 26 heavy (non-hydrogen) atoms. The molecule has 3 heterocycles. The largest absolute Gasteiger partial charge is 0.343 e. The molecule has 0 spiro atoms. The van der Waals surface area contributed by atoms with Crippen LogP contribution in [0.2, 0.25) is 0 Å². The van der Waals surface area contributed by atoms with Crippen LogP contribution in [0.5, 0.6) is 0 Å². The van der Waals surface area contributed by atoms with Crippen molar-refractivity contribution in [3.8, 4) is 11.3 Å². The van der Waals surface area contributed by atoms with Crippen LogP contribution in [-0.2, 0) is 22.6 Å². The maximum Gasteiger partial charge on any atom is 0.226 e. The topological polar surface area (TPSA) is 69.3 Å². The van der Waals surface area contributed by atoms with Crippen LogP contribution in [0.4, 0.5) is 0 Å². The smallest absolute Gasteiger partial charge is 0.226 e. The van der Waals surface area contributed by atoms with E-state index in [1.807, 2.05) is 28.0 Å². The van der Waals surface area contributed by atoms with Gasteiger partial charge in [-0.25, -0.2) is 0 Å². The zero-order valence-corrected chi connectivity index (χ0v) is 15.1. The SMILES string of the molecule is CC(=O)N1CCC(C(=O)N2CCc3[nH]nc(-c4ccccc4)c3C2)CC1. The minimum absolute atomic E-state index is 0.0271. The van der Waals surface area contributed by atoms with Crippen molar-refractivity contribution in [3.63, 3.8) is 0 Å². The number of aromatic nitrogens is 2. The molecule has 1 saturated heterocycles. The zero-order chi connectivity index (χ0) is 18.1. The Balaban J connectivity index is 1.48. The summed E-state index contributed by atoms with van der Waals surface area (Å²) in [5, 5.41) is 7.65. The molecule has 2 aliphatic rings. The van der Waals surface area contributed by atoms with Gasteiger partial charge >= 0.3 is 0 Å². The number of hydrogen-bond acceptors (Lipinski definition) is 3.